The molecule has 1 atom stereocenters. The van der Waals surface area contributed by atoms with E-state index < -0.39 is 0 Å². The highest BCUT2D eigenvalue weighted by atomic mass is 16.5. The van der Waals surface area contributed by atoms with Gasteiger partial charge in [-0.25, -0.2) is 9.97 Å². The molecule has 10 heteroatoms. The Balaban J connectivity index is 1.97. The van der Waals surface area contributed by atoms with Gasteiger partial charge < -0.3 is 29.4 Å². The van der Waals surface area contributed by atoms with E-state index in [4.69, 9.17) is 9.47 Å². The SMILES string of the molecule is CCCOCCn1c(=O)c(N(C)CCN[C@@H](C)CO)nc2cnc(-c3ccc(OC)nc3)cc21. The summed E-state index contributed by atoms with van der Waals surface area (Å²) in [6.07, 6.45) is 4.29. The van der Waals surface area contributed by atoms with E-state index in [0.29, 0.717) is 61.3 Å². The molecule has 0 aliphatic carbocycles. The van der Waals surface area contributed by atoms with Crippen molar-refractivity contribution in [3.63, 3.8) is 0 Å². The predicted octanol–water partition coefficient (Wildman–Crippen LogP) is 1.70. The number of likely N-dealkylation sites (N-methyl/N-ethyl adjacent to an activating group) is 1. The van der Waals surface area contributed by atoms with E-state index in [9.17, 15) is 9.90 Å². The van der Waals surface area contributed by atoms with Gasteiger partial charge in [0.05, 0.1) is 37.7 Å². The van der Waals surface area contributed by atoms with Crippen LogP contribution in [-0.2, 0) is 11.3 Å². The lowest BCUT2D eigenvalue weighted by atomic mass is 10.2. The highest BCUT2D eigenvalue weighted by Gasteiger charge is 2.16. The Morgan fingerprint density at radius 1 is 1.24 bits per heavy atom. The molecule has 3 aromatic rings. The van der Waals surface area contributed by atoms with Gasteiger partial charge in [-0.1, -0.05) is 6.92 Å². The van der Waals surface area contributed by atoms with Gasteiger partial charge >= 0.3 is 0 Å². The number of pyridine rings is 2. The summed E-state index contributed by atoms with van der Waals surface area (Å²) >= 11 is 0. The van der Waals surface area contributed by atoms with Crippen LogP contribution in [0.4, 0.5) is 5.82 Å². The number of ether oxygens (including phenoxy) is 2. The highest BCUT2D eigenvalue weighted by Crippen LogP contribution is 2.22. The van der Waals surface area contributed by atoms with Gasteiger partial charge in [-0.3, -0.25) is 9.78 Å². The Kier molecular flexibility index (Phi) is 9.32. The number of aliphatic hydroxyl groups is 1. The Morgan fingerprint density at radius 3 is 2.74 bits per heavy atom. The lowest BCUT2D eigenvalue weighted by Crippen LogP contribution is -2.39. The van der Waals surface area contributed by atoms with Crippen LogP contribution < -0.4 is 20.5 Å². The van der Waals surface area contributed by atoms with Crippen LogP contribution in [-0.4, -0.2) is 77.7 Å². The fourth-order valence-corrected chi connectivity index (χ4v) is 3.46. The van der Waals surface area contributed by atoms with Crippen molar-refractivity contribution in [1.82, 2.24) is 24.8 Å². The second-order valence-electron chi connectivity index (χ2n) is 8.11. The number of fused-ring (bicyclic) bond motifs is 1. The first-order chi connectivity index (χ1) is 16.5. The normalized spacial score (nSPS) is 12.1. The Labute approximate surface area is 199 Å². The van der Waals surface area contributed by atoms with E-state index in [2.05, 4.69) is 20.3 Å². The Hall–Kier alpha value is -3.08. The molecule has 0 spiro atoms. The van der Waals surface area contributed by atoms with Crippen molar-refractivity contribution in [2.45, 2.75) is 32.9 Å². The number of anilines is 1. The molecule has 3 rings (SSSR count). The van der Waals surface area contributed by atoms with Crippen molar-refractivity contribution in [2.24, 2.45) is 0 Å². The molecule has 34 heavy (non-hydrogen) atoms. The fourth-order valence-electron chi connectivity index (χ4n) is 3.46. The van der Waals surface area contributed by atoms with Gasteiger partial charge in [0.25, 0.3) is 5.56 Å². The average molecular weight is 471 g/mol. The molecule has 0 bridgehead atoms. The smallest absolute Gasteiger partial charge is 0.294 e. The summed E-state index contributed by atoms with van der Waals surface area (Å²) in [4.78, 5) is 28.7. The monoisotopic (exact) mass is 470 g/mol. The minimum Gasteiger partial charge on any atom is -0.481 e. The Bertz CT molecular complexity index is 1120. The summed E-state index contributed by atoms with van der Waals surface area (Å²) in [6, 6.07) is 5.50. The molecule has 0 aliphatic heterocycles. The standard InChI is InChI=1S/C24H34N6O4/c1-5-11-34-12-10-30-21-13-19(18-6-7-22(33-4)27-14-18)26-15-20(21)28-23(24(30)32)29(3)9-8-25-17(2)16-31/h6-7,13-15,17,25,31H,5,8-12,16H2,1-4H3/t17-/m0/s1. The van der Waals surface area contributed by atoms with Crippen molar-refractivity contribution in [2.75, 3.05) is 52.0 Å². The molecule has 0 saturated carbocycles. The van der Waals surface area contributed by atoms with Crippen molar-refractivity contribution in [3.8, 4) is 17.1 Å². The minimum atomic E-state index is -0.185. The van der Waals surface area contributed by atoms with Gasteiger partial charge in [0, 0.05) is 57.2 Å². The van der Waals surface area contributed by atoms with E-state index in [1.165, 1.54) is 0 Å². The molecule has 2 N–H and O–H groups in total. The largest absolute Gasteiger partial charge is 0.481 e. The van der Waals surface area contributed by atoms with Crippen molar-refractivity contribution >= 4 is 16.9 Å². The summed E-state index contributed by atoms with van der Waals surface area (Å²) in [5.41, 5.74) is 2.63. The average Bonchev–Trinajstić information content (AvgIpc) is 2.86. The molecular formula is C24H34N6O4. The number of rotatable bonds is 13. The van der Waals surface area contributed by atoms with Gasteiger partial charge in [0.1, 0.15) is 5.52 Å². The zero-order valence-corrected chi connectivity index (χ0v) is 20.3. The highest BCUT2D eigenvalue weighted by molar-refractivity contribution is 5.80. The van der Waals surface area contributed by atoms with Gasteiger partial charge in [0.2, 0.25) is 5.88 Å². The number of nitrogens with one attached hydrogen (secondary N) is 1. The third kappa shape index (κ3) is 6.28. The summed E-state index contributed by atoms with van der Waals surface area (Å²) in [5, 5.41) is 12.4. The van der Waals surface area contributed by atoms with Crippen molar-refractivity contribution < 1.29 is 14.6 Å². The van der Waals surface area contributed by atoms with Crippen LogP contribution in [0.25, 0.3) is 22.3 Å². The van der Waals surface area contributed by atoms with Crippen LogP contribution in [0.5, 0.6) is 5.88 Å². The molecule has 10 nitrogen and oxygen atoms in total. The third-order valence-electron chi connectivity index (χ3n) is 5.44. The number of aromatic nitrogens is 4. The number of nitrogens with zero attached hydrogens (tertiary/aromatic N) is 5. The molecule has 184 valence electrons. The summed E-state index contributed by atoms with van der Waals surface area (Å²) in [6.45, 7) is 6.65. The first-order valence-corrected chi connectivity index (χ1v) is 11.5. The molecule has 0 saturated heterocycles. The lowest BCUT2D eigenvalue weighted by Gasteiger charge is -2.21. The lowest BCUT2D eigenvalue weighted by molar-refractivity contribution is 0.127. The topological polar surface area (TPSA) is 115 Å². The zero-order valence-electron chi connectivity index (χ0n) is 20.3. The number of aliphatic hydroxyl groups excluding tert-OH is 1. The molecule has 3 heterocycles. The van der Waals surface area contributed by atoms with Crippen molar-refractivity contribution in [3.05, 3.63) is 40.9 Å². The summed E-state index contributed by atoms with van der Waals surface area (Å²) < 4.78 is 12.5. The van der Waals surface area contributed by atoms with Crippen LogP contribution >= 0.6 is 0 Å². The number of hydrogen-bond donors (Lipinski definition) is 2. The van der Waals surface area contributed by atoms with Crippen LogP contribution in [0.15, 0.2) is 35.4 Å². The maximum atomic E-state index is 13.5. The quantitative estimate of drug-likeness (QED) is 0.360. The molecule has 0 aliphatic rings. The molecule has 0 aromatic carbocycles. The summed E-state index contributed by atoms with van der Waals surface area (Å²) in [5.74, 6) is 0.869. The maximum absolute atomic E-state index is 13.5. The van der Waals surface area contributed by atoms with E-state index in [-0.39, 0.29) is 18.2 Å². The van der Waals surface area contributed by atoms with E-state index in [1.54, 1.807) is 30.1 Å². The van der Waals surface area contributed by atoms with Gasteiger partial charge in [0.15, 0.2) is 5.82 Å². The third-order valence-corrected chi connectivity index (χ3v) is 5.44. The first kappa shape index (κ1) is 25.5. The molecular weight excluding hydrogens is 436 g/mol. The molecule has 0 amide bonds. The summed E-state index contributed by atoms with van der Waals surface area (Å²) in [7, 11) is 3.41. The fraction of sp³-hybridized carbons (Fsp3) is 0.500. The number of methoxy groups -OCH3 is 1. The molecule has 0 radical (unpaired) electrons. The van der Waals surface area contributed by atoms with Crippen LogP contribution in [0, 0.1) is 0 Å². The van der Waals surface area contributed by atoms with E-state index in [0.717, 1.165) is 12.0 Å². The van der Waals surface area contributed by atoms with Crippen molar-refractivity contribution in [1.29, 1.82) is 0 Å². The van der Waals surface area contributed by atoms with Crippen LogP contribution in [0.1, 0.15) is 20.3 Å². The number of hydrogen-bond acceptors (Lipinski definition) is 9. The molecule has 3 aromatic heterocycles. The van der Waals surface area contributed by atoms with Crippen LogP contribution in [0.3, 0.4) is 0 Å². The van der Waals surface area contributed by atoms with Gasteiger partial charge in [-0.05, 0) is 25.5 Å². The second-order valence-corrected chi connectivity index (χ2v) is 8.11. The molecule has 0 unspecified atom stereocenters. The van der Waals surface area contributed by atoms with Gasteiger partial charge in [-0.15, -0.1) is 0 Å². The van der Waals surface area contributed by atoms with E-state index in [1.807, 2.05) is 37.9 Å². The van der Waals surface area contributed by atoms with E-state index >= 15 is 0 Å². The molecule has 0 fully saturated rings. The maximum Gasteiger partial charge on any atom is 0.294 e. The minimum absolute atomic E-state index is 0.0135. The van der Waals surface area contributed by atoms with Gasteiger partial charge in [-0.2, -0.15) is 0 Å². The van der Waals surface area contributed by atoms with Crippen LogP contribution in [0.2, 0.25) is 0 Å². The predicted molar refractivity (Wildman–Crippen MR) is 133 cm³/mol. The second kappa shape index (κ2) is 12.4. The first-order valence-electron chi connectivity index (χ1n) is 11.5. The zero-order chi connectivity index (χ0) is 24.5. The Morgan fingerprint density at radius 2 is 2.06 bits per heavy atom.